The molecule has 0 aliphatic rings. The van der Waals surface area contributed by atoms with Crippen LogP contribution in [0.1, 0.15) is 28.5 Å². The van der Waals surface area contributed by atoms with Crippen molar-refractivity contribution < 1.29 is 0 Å². The minimum Gasteiger partial charge on any atom is -0.382 e. The van der Waals surface area contributed by atoms with Gasteiger partial charge in [0.2, 0.25) is 11.5 Å². The summed E-state index contributed by atoms with van der Waals surface area (Å²) < 4.78 is 0. The highest BCUT2D eigenvalue weighted by molar-refractivity contribution is 6.33. The van der Waals surface area contributed by atoms with Gasteiger partial charge in [-0.3, -0.25) is 4.98 Å². The van der Waals surface area contributed by atoms with Crippen LogP contribution in [0.3, 0.4) is 0 Å². The monoisotopic (exact) mass is 936 g/mol. The Bertz CT molecular complexity index is 2660. The summed E-state index contributed by atoms with van der Waals surface area (Å²) >= 11 is 28.5. The van der Waals surface area contributed by atoms with Gasteiger partial charge in [0.15, 0.2) is 17.5 Å². The smallest absolute Gasteiger partial charge is 0.225 e. The van der Waals surface area contributed by atoms with Gasteiger partial charge in [-0.05, 0) is 93.0 Å². The number of hydrogen-bond acceptors (Lipinski definition) is 17. The Kier molecular flexibility index (Phi) is 19.5. The number of nitrogens with zero attached hydrogens (tertiary/aromatic N) is 17. The fourth-order valence-electron chi connectivity index (χ4n) is 4.41. The van der Waals surface area contributed by atoms with Crippen molar-refractivity contribution in [3.63, 3.8) is 0 Å². The molecule has 0 aliphatic heterocycles. The highest BCUT2D eigenvalue weighted by Gasteiger charge is 2.09. The van der Waals surface area contributed by atoms with E-state index >= 15 is 0 Å². The normalized spacial score (nSPS) is 10.0. The quantitative estimate of drug-likeness (QED) is 0.0753. The maximum Gasteiger partial charge on any atom is 0.225 e. The molecule has 0 spiro atoms. The van der Waals surface area contributed by atoms with Crippen LogP contribution < -0.4 is 5.73 Å². The van der Waals surface area contributed by atoms with Gasteiger partial charge in [0.1, 0.15) is 63.1 Å². The molecule has 8 rings (SSSR count). The Balaban J connectivity index is 0.000000174. The van der Waals surface area contributed by atoms with Crippen LogP contribution in [0.5, 0.6) is 0 Å². The number of aliphatic imine (C=N–C) groups is 1. The van der Waals surface area contributed by atoms with Crippen LogP contribution in [-0.4, -0.2) is 75.6 Å². The number of nitrogens with two attached hydrogens (primary N) is 1. The van der Waals surface area contributed by atoms with Crippen LogP contribution in [0.15, 0.2) is 116 Å². The van der Waals surface area contributed by atoms with Crippen molar-refractivity contribution in [1.82, 2.24) is 69.8 Å². The number of aryl methyl sites for hydroxylation is 3. The van der Waals surface area contributed by atoms with Crippen molar-refractivity contribution in [3.8, 4) is 46.4 Å². The molecule has 314 valence electrons. The Morgan fingerprint density at radius 2 is 0.952 bits per heavy atom. The second-order valence-electron chi connectivity index (χ2n) is 11.5. The zero-order valence-corrected chi connectivity index (χ0v) is 36.7. The summed E-state index contributed by atoms with van der Waals surface area (Å²) in [6, 6.07) is 19.5. The second-order valence-corrected chi connectivity index (χ2v) is 13.3. The fraction of sp³-hybridized carbons (Fsp3) is 0.0750. The number of nitriles is 2. The topological polar surface area (TPSA) is 266 Å². The van der Waals surface area contributed by atoms with Gasteiger partial charge in [0.25, 0.3) is 0 Å². The molecular formula is C40H29Cl5N18. The molecule has 23 heteroatoms. The first-order valence-electron chi connectivity index (χ1n) is 17.5. The molecule has 0 saturated carbocycles. The molecule has 8 aromatic rings. The molecule has 0 amide bonds. The molecule has 8 heterocycles. The summed E-state index contributed by atoms with van der Waals surface area (Å²) in [5, 5.41) is 17.9. The van der Waals surface area contributed by atoms with E-state index < -0.39 is 0 Å². The van der Waals surface area contributed by atoms with Crippen LogP contribution in [0.25, 0.3) is 34.2 Å². The van der Waals surface area contributed by atoms with Crippen LogP contribution in [-0.2, 0) is 0 Å². The zero-order chi connectivity index (χ0) is 45.6. The van der Waals surface area contributed by atoms with E-state index in [2.05, 4.69) is 74.8 Å². The fourth-order valence-corrected chi connectivity index (χ4v) is 5.32. The predicted octanol–water partition coefficient (Wildman–Crippen LogP) is 8.21. The molecule has 0 aromatic carbocycles. The van der Waals surface area contributed by atoms with Gasteiger partial charge >= 0.3 is 0 Å². The van der Waals surface area contributed by atoms with E-state index in [1.54, 1.807) is 80.4 Å². The van der Waals surface area contributed by atoms with E-state index in [1.165, 1.54) is 25.2 Å². The van der Waals surface area contributed by atoms with Crippen molar-refractivity contribution >= 4 is 63.8 Å². The van der Waals surface area contributed by atoms with Crippen LogP contribution in [0.4, 0.5) is 0 Å². The highest BCUT2D eigenvalue weighted by Crippen LogP contribution is 2.23. The van der Waals surface area contributed by atoms with Crippen molar-refractivity contribution in [2.75, 3.05) is 0 Å². The Morgan fingerprint density at radius 3 is 1.40 bits per heavy atom. The van der Waals surface area contributed by atoms with E-state index in [0.29, 0.717) is 50.3 Å². The number of amidine groups is 1. The summed E-state index contributed by atoms with van der Waals surface area (Å²) in [5.74, 6) is 3.12. The number of halogens is 5. The van der Waals surface area contributed by atoms with Crippen LogP contribution in [0.2, 0.25) is 25.9 Å². The van der Waals surface area contributed by atoms with E-state index in [1.807, 2.05) is 38.1 Å². The van der Waals surface area contributed by atoms with Crippen molar-refractivity contribution in [3.05, 3.63) is 165 Å². The Morgan fingerprint density at radius 1 is 0.508 bits per heavy atom. The van der Waals surface area contributed by atoms with Gasteiger partial charge in [-0.1, -0.05) is 46.4 Å². The summed E-state index contributed by atoms with van der Waals surface area (Å²) in [6.07, 6.45) is 13.9. The van der Waals surface area contributed by atoms with E-state index in [-0.39, 0.29) is 21.4 Å². The number of aromatic nitrogens is 14. The molecule has 0 aliphatic carbocycles. The lowest BCUT2D eigenvalue weighted by Crippen LogP contribution is -2.13. The third kappa shape index (κ3) is 15.6. The maximum absolute atomic E-state index is 8.34. The van der Waals surface area contributed by atoms with Gasteiger partial charge in [-0.25, -0.2) is 59.8 Å². The van der Waals surface area contributed by atoms with E-state index in [4.69, 9.17) is 74.3 Å². The number of rotatable bonds is 4. The first-order chi connectivity index (χ1) is 30.4. The molecule has 8 aromatic heterocycles. The predicted molar refractivity (Wildman–Crippen MR) is 238 cm³/mol. The lowest BCUT2D eigenvalue weighted by atomic mass is 10.2. The van der Waals surface area contributed by atoms with Gasteiger partial charge in [0.05, 0.1) is 22.3 Å². The van der Waals surface area contributed by atoms with Gasteiger partial charge in [0, 0.05) is 42.2 Å². The minimum atomic E-state index is 0.0793. The third-order valence-electron chi connectivity index (χ3n) is 7.26. The lowest BCUT2D eigenvalue weighted by molar-refractivity contribution is 0.977. The standard InChI is InChI=1S/C10H10N4.C9H7ClN4.C8H4Cl2N4.C7H5ClN4.C6H3ClN2/c1-7-9(4-3-5-11-7)10-13-6-12-8(2)14-10;1-6-12-5-13-9(14-6)7-3-2-4-11-8(7)10;9-6-5(2-1-3-11-6)7-12-4-13-8(10)14-7;8-6-5(2-1-3-11-6)7(10)12-4-9;7-6-5(4-8)2-1-3-9-6/h3-6H,1-2H3;2-5H,1H3;1-4H;1-3H,(H2,10,12);1-3H. The van der Waals surface area contributed by atoms with Crippen LogP contribution >= 0.6 is 58.0 Å². The molecule has 0 atom stereocenters. The van der Waals surface area contributed by atoms with Gasteiger partial charge < -0.3 is 5.73 Å². The van der Waals surface area contributed by atoms with Gasteiger partial charge in [-0.2, -0.15) is 20.5 Å². The molecule has 0 fully saturated rings. The maximum atomic E-state index is 8.34. The zero-order valence-electron chi connectivity index (χ0n) is 33.0. The summed E-state index contributed by atoms with van der Waals surface area (Å²) in [6.45, 7) is 5.58. The molecule has 0 saturated heterocycles. The molecule has 18 nitrogen and oxygen atoms in total. The van der Waals surface area contributed by atoms with Crippen LogP contribution in [0, 0.1) is 43.6 Å². The summed E-state index contributed by atoms with van der Waals surface area (Å²) in [4.78, 5) is 58.8. The summed E-state index contributed by atoms with van der Waals surface area (Å²) in [5.41, 5.74) is 9.54. The molecule has 0 bridgehead atoms. The third-order valence-corrected chi connectivity index (χ3v) is 8.65. The Labute approximate surface area is 385 Å². The summed E-state index contributed by atoms with van der Waals surface area (Å²) in [7, 11) is 0. The molecule has 0 radical (unpaired) electrons. The lowest BCUT2D eigenvalue weighted by Gasteiger charge is -2.02. The van der Waals surface area contributed by atoms with Crippen molar-refractivity contribution in [2.24, 2.45) is 10.7 Å². The van der Waals surface area contributed by atoms with E-state index in [9.17, 15) is 0 Å². The molecule has 63 heavy (non-hydrogen) atoms. The van der Waals surface area contributed by atoms with Crippen molar-refractivity contribution in [2.45, 2.75) is 20.8 Å². The van der Waals surface area contributed by atoms with Crippen molar-refractivity contribution in [1.29, 1.82) is 10.5 Å². The largest absolute Gasteiger partial charge is 0.382 e. The molecular weight excluding hydrogens is 910 g/mol. The Hall–Kier alpha value is -7.32. The SMILES string of the molecule is Cc1ncnc(-c2cccnc2C)n1.Cc1ncnc(-c2cccnc2Cl)n1.Clc1ncnc(-c2cccnc2Cl)n1.N#CN=C(N)c1cccnc1Cl.N#Cc1cccnc1Cl. The number of hydrogen-bond donors (Lipinski definition) is 1. The van der Waals surface area contributed by atoms with Gasteiger partial charge in [-0.15, -0.1) is 0 Å². The van der Waals surface area contributed by atoms with E-state index in [0.717, 1.165) is 22.6 Å². The average Bonchev–Trinajstić information content (AvgIpc) is 3.28. The highest BCUT2D eigenvalue weighted by atomic mass is 35.5. The molecule has 0 unspecified atom stereocenters. The average molecular weight is 939 g/mol. The second kappa shape index (κ2) is 25.5. The number of pyridine rings is 5. The molecule has 2 N–H and O–H groups in total. The minimum absolute atomic E-state index is 0.0793. The first kappa shape index (κ1) is 48.3. The first-order valence-corrected chi connectivity index (χ1v) is 19.4.